The van der Waals surface area contributed by atoms with Gasteiger partial charge in [-0.05, 0) is 42.0 Å². The van der Waals surface area contributed by atoms with Gasteiger partial charge in [-0.25, -0.2) is 0 Å². The van der Waals surface area contributed by atoms with E-state index in [2.05, 4.69) is 0 Å². The standard InChI is InChI=1S/C13H10Cl3NS/c14-9-4-10(15)6-12(5-9)18-7-8-3-11(17)1-2-13(8)16/h1-6H,7,17H2. The summed E-state index contributed by atoms with van der Waals surface area (Å²) in [7, 11) is 0. The maximum atomic E-state index is 6.10. The number of hydrogen-bond donors (Lipinski definition) is 1. The summed E-state index contributed by atoms with van der Waals surface area (Å²) < 4.78 is 0. The maximum absolute atomic E-state index is 6.10. The summed E-state index contributed by atoms with van der Waals surface area (Å²) in [4.78, 5) is 1.01. The molecular weight excluding hydrogens is 309 g/mol. The summed E-state index contributed by atoms with van der Waals surface area (Å²) in [5, 5.41) is 1.97. The first kappa shape index (κ1) is 13.9. The molecule has 0 saturated carbocycles. The Hall–Kier alpha value is -0.540. The van der Waals surface area contributed by atoms with Gasteiger partial charge in [-0.1, -0.05) is 34.8 Å². The summed E-state index contributed by atoms with van der Waals surface area (Å²) >= 11 is 19.6. The van der Waals surface area contributed by atoms with Crippen molar-refractivity contribution in [3.63, 3.8) is 0 Å². The van der Waals surface area contributed by atoms with Gasteiger partial charge in [-0.15, -0.1) is 11.8 Å². The number of nitrogen functional groups attached to an aromatic ring is 1. The van der Waals surface area contributed by atoms with Crippen molar-refractivity contribution in [3.8, 4) is 0 Å². The van der Waals surface area contributed by atoms with Gasteiger partial charge in [-0.2, -0.15) is 0 Å². The van der Waals surface area contributed by atoms with E-state index in [0.717, 1.165) is 16.2 Å². The van der Waals surface area contributed by atoms with E-state index < -0.39 is 0 Å². The molecule has 0 aliphatic carbocycles. The molecule has 0 amide bonds. The van der Waals surface area contributed by atoms with E-state index >= 15 is 0 Å². The molecule has 5 heteroatoms. The molecule has 2 aromatic carbocycles. The lowest BCUT2D eigenvalue weighted by Crippen LogP contribution is -1.88. The number of thioether (sulfide) groups is 1. The number of rotatable bonds is 3. The van der Waals surface area contributed by atoms with Crippen LogP contribution in [0, 0.1) is 0 Å². The van der Waals surface area contributed by atoms with Crippen molar-refractivity contribution in [2.45, 2.75) is 10.6 Å². The predicted octanol–water partition coefficient (Wildman–Crippen LogP) is 5.52. The molecule has 0 spiro atoms. The SMILES string of the molecule is Nc1ccc(Cl)c(CSc2cc(Cl)cc(Cl)c2)c1. The van der Waals surface area contributed by atoms with Crippen LogP contribution in [0.5, 0.6) is 0 Å². The van der Waals surface area contributed by atoms with E-state index in [4.69, 9.17) is 40.5 Å². The lowest BCUT2D eigenvalue weighted by Gasteiger charge is -2.06. The van der Waals surface area contributed by atoms with Crippen LogP contribution >= 0.6 is 46.6 Å². The van der Waals surface area contributed by atoms with Gasteiger partial charge in [0.15, 0.2) is 0 Å². The Kier molecular flexibility index (Phi) is 4.68. The van der Waals surface area contributed by atoms with E-state index in [1.165, 1.54) is 0 Å². The van der Waals surface area contributed by atoms with E-state index in [-0.39, 0.29) is 0 Å². The van der Waals surface area contributed by atoms with Crippen LogP contribution in [0.15, 0.2) is 41.3 Å². The summed E-state index contributed by atoms with van der Waals surface area (Å²) in [6.07, 6.45) is 0. The number of benzene rings is 2. The minimum absolute atomic E-state index is 0.628. The third-order valence-electron chi connectivity index (χ3n) is 2.30. The first-order chi connectivity index (χ1) is 8.54. The topological polar surface area (TPSA) is 26.0 Å². The zero-order chi connectivity index (χ0) is 13.1. The third-order valence-corrected chi connectivity index (χ3v) is 4.13. The van der Waals surface area contributed by atoms with Crippen molar-refractivity contribution in [3.05, 3.63) is 57.0 Å². The van der Waals surface area contributed by atoms with Gasteiger partial charge in [0.05, 0.1) is 0 Å². The fourth-order valence-electron chi connectivity index (χ4n) is 1.48. The third kappa shape index (κ3) is 3.72. The van der Waals surface area contributed by atoms with Gasteiger partial charge in [0, 0.05) is 31.4 Å². The maximum Gasteiger partial charge on any atom is 0.0448 e. The first-order valence-corrected chi connectivity index (χ1v) is 7.29. The van der Waals surface area contributed by atoms with Gasteiger partial charge < -0.3 is 5.73 Å². The Morgan fingerprint density at radius 1 is 0.944 bits per heavy atom. The second-order valence-electron chi connectivity index (χ2n) is 3.74. The van der Waals surface area contributed by atoms with Crippen LogP contribution in [0.2, 0.25) is 15.1 Å². The fourth-order valence-corrected chi connectivity index (χ4v) is 3.38. The molecule has 1 nitrogen and oxygen atoms in total. The highest BCUT2D eigenvalue weighted by Crippen LogP contribution is 2.31. The fraction of sp³-hybridized carbons (Fsp3) is 0.0769. The molecule has 0 aliphatic heterocycles. The molecule has 0 aliphatic rings. The molecule has 94 valence electrons. The van der Waals surface area contributed by atoms with Crippen LogP contribution in [0.1, 0.15) is 5.56 Å². The molecule has 0 radical (unpaired) electrons. The van der Waals surface area contributed by atoms with E-state index in [1.54, 1.807) is 30.0 Å². The molecule has 2 aromatic rings. The molecule has 0 bridgehead atoms. The highest BCUT2D eigenvalue weighted by molar-refractivity contribution is 7.98. The van der Waals surface area contributed by atoms with E-state index in [0.29, 0.717) is 20.8 Å². The molecule has 0 atom stereocenters. The van der Waals surface area contributed by atoms with Crippen LogP contribution in [0.3, 0.4) is 0 Å². The molecular formula is C13H10Cl3NS. The van der Waals surface area contributed by atoms with Gasteiger partial charge in [0.1, 0.15) is 0 Å². The van der Waals surface area contributed by atoms with Gasteiger partial charge in [0.25, 0.3) is 0 Å². The minimum Gasteiger partial charge on any atom is -0.399 e. The molecule has 2 N–H and O–H groups in total. The Labute approximate surface area is 125 Å². The molecule has 0 fully saturated rings. The number of halogens is 3. The summed E-state index contributed by atoms with van der Waals surface area (Å²) in [6.45, 7) is 0. The van der Waals surface area contributed by atoms with Crippen molar-refractivity contribution >= 4 is 52.3 Å². The number of nitrogens with two attached hydrogens (primary N) is 1. The molecule has 0 heterocycles. The van der Waals surface area contributed by atoms with E-state index in [1.807, 2.05) is 18.2 Å². The number of anilines is 1. The summed E-state index contributed by atoms with van der Waals surface area (Å²) in [5.74, 6) is 0.723. The van der Waals surface area contributed by atoms with Crippen molar-refractivity contribution in [1.82, 2.24) is 0 Å². The molecule has 18 heavy (non-hydrogen) atoms. The Morgan fingerprint density at radius 3 is 2.28 bits per heavy atom. The van der Waals surface area contributed by atoms with Crippen molar-refractivity contribution < 1.29 is 0 Å². The zero-order valence-corrected chi connectivity index (χ0v) is 12.4. The predicted molar refractivity (Wildman–Crippen MR) is 81.9 cm³/mol. The smallest absolute Gasteiger partial charge is 0.0448 e. The second-order valence-corrected chi connectivity index (χ2v) is 6.07. The zero-order valence-electron chi connectivity index (χ0n) is 9.29. The minimum atomic E-state index is 0.628. The quantitative estimate of drug-likeness (QED) is 0.595. The molecule has 0 saturated heterocycles. The Balaban J connectivity index is 2.13. The Morgan fingerprint density at radius 2 is 1.61 bits per heavy atom. The monoisotopic (exact) mass is 317 g/mol. The highest BCUT2D eigenvalue weighted by Gasteiger charge is 2.04. The molecule has 2 rings (SSSR count). The van der Waals surface area contributed by atoms with Crippen LogP contribution < -0.4 is 5.73 Å². The van der Waals surface area contributed by atoms with Crippen LogP contribution in [0.4, 0.5) is 5.69 Å². The second kappa shape index (κ2) is 6.07. The molecule has 0 unspecified atom stereocenters. The van der Waals surface area contributed by atoms with Gasteiger partial charge in [0.2, 0.25) is 0 Å². The normalized spacial score (nSPS) is 10.6. The van der Waals surface area contributed by atoms with Crippen molar-refractivity contribution in [2.24, 2.45) is 0 Å². The van der Waals surface area contributed by atoms with Crippen molar-refractivity contribution in [1.29, 1.82) is 0 Å². The van der Waals surface area contributed by atoms with Crippen LogP contribution in [-0.4, -0.2) is 0 Å². The average Bonchev–Trinajstić information content (AvgIpc) is 2.29. The summed E-state index contributed by atoms with van der Waals surface area (Å²) in [6, 6.07) is 10.9. The summed E-state index contributed by atoms with van der Waals surface area (Å²) in [5.41, 5.74) is 7.44. The largest absolute Gasteiger partial charge is 0.399 e. The Bertz CT molecular complexity index is 552. The van der Waals surface area contributed by atoms with E-state index in [9.17, 15) is 0 Å². The molecule has 0 aromatic heterocycles. The van der Waals surface area contributed by atoms with Gasteiger partial charge in [-0.3, -0.25) is 0 Å². The highest BCUT2D eigenvalue weighted by atomic mass is 35.5. The average molecular weight is 319 g/mol. The first-order valence-electron chi connectivity index (χ1n) is 5.17. The number of hydrogen-bond acceptors (Lipinski definition) is 2. The lowest BCUT2D eigenvalue weighted by atomic mass is 10.2. The van der Waals surface area contributed by atoms with Crippen molar-refractivity contribution in [2.75, 3.05) is 5.73 Å². The van der Waals surface area contributed by atoms with Gasteiger partial charge >= 0.3 is 0 Å². The lowest BCUT2D eigenvalue weighted by molar-refractivity contribution is 1.38. The van der Waals surface area contributed by atoms with Crippen LogP contribution in [-0.2, 0) is 5.75 Å². The van der Waals surface area contributed by atoms with Crippen LogP contribution in [0.25, 0.3) is 0 Å².